The highest BCUT2D eigenvalue weighted by molar-refractivity contribution is 5.97. The molecular formula is C44H27N3. The molecule has 0 radical (unpaired) electrons. The number of pyridine rings is 1. The fraction of sp³-hybridized carbons (Fsp3) is 0.0227. The van der Waals surface area contributed by atoms with E-state index in [-0.39, 0.29) is 0 Å². The summed E-state index contributed by atoms with van der Waals surface area (Å²) in [7, 11) is 0. The minimum absolute atomic E-state index is 0.490. The molecule has 2 aromatic heterocycles. The zero-order valence-corrected chi connectivity index (χ0v) is 25.4. The minimum Gasteiger partial charge on any atom is -0.256 e. The third-order valence-electron chi connectivity index (χ3n) is 9.94. The third kappa shape index (κ3) is 3.65. The SMILES string of the molecule is c1ccc(-c2nc3ccccc3nc2-c2ccc3c(c2)C2(c4ccccc4-c4ccccc42)c2cc(-c4ccccn4)ccc2-3)cc1. The van der Waals surface area contributed by atoms with Gasteiger partial charge in [0.2, 0.25) is 0 Å². The second kappa shape index (κ2) is 9.90. The number of para-hydroxylation sites is 2. The van der Waals surface area contributed by atoms with Crippen LogP contribution in [0.25, 0.3) is 67.1 Å². The summed E-state index contributed by atoms with van der Waals surface area (Å²) < 4.78 is 0. The van der Waals surface area contributed by atoms with Gasteiger partial charge < -0.3 is 0 Å². The van der Waals surface area contributed by atoms with Gasteiger partial charge in [0.25, 0.3) is 0 Å². The maximum Gasteiger partial charge on any atom is 0.0973 e. The van der Waals surface area contributed by atoms with Crippen LogP contribution in [0, 0.1) is 0 Å². The molecule has 0 atom stereocenters. The van der Waals surface area contributed by atoms with Gasteiger partial charge >= 0.3 is 0 Å². The van der Waals surface area contributed by atoms with Gasteiger partial charge in [-0.25, -0.2) is 9.97 Å². The van der Waals surface area contributed by atoms with E-state index < -0.39 is 5.41 Å². The normalized spacial score (nSPS) is 13.3. The van der Waals surface area contributed by atoms with Crippen LogP contribution in [0.2, 0.25) is 0 Å². The van der Waals surface area contributed by atoms with Crippen LogP contribution >= 0.6 is 0 Å². The Labute approximate surface area is 272 Å². The van der Waals surface area contributed by atoms with Crippen molar-refractivity contribution in [2.45, 2.75) is 5.41 Å². The zero-order chi connectivity index (χ0) is 31.0. The van der Waals surface area contributed by atoms with Gasteiger partial charge in [-0.3, -0.25) is 4.98 Å². The lowest BCUT2D eigenvalue weighted by molar-refractivity contribution is 0.794. The Hall–Kier alpha value is -6.19. The topological polar surface area (TPSA) is 38.7 Å². The Morgan fingerprint density at radius 2 is 0.872 bits per heavy atom. The molecule has 0 aliphatic heterocycles. The summed E-state index contributed by atoms with van der Waals surface area (Å²) in [5.74, 6) is 0. The van der Waals surface area contributed by atoms with Crippen LogP contribution in [-0.2, 0) is 5.41 Å². The predicted octanol–water partition coefficient (Wildman–Crippen LogP) is 10.4. The van der Waals surface area contributed by atoms with E-state index in [0.717, 1.165) is 44.8 Å². The fourth-order valence-electron chi connectivity index (χ4n) is 7.98. The van der Waals surface area contributed by atoms with Gasteiger partial charge in [0, 0.05) is 22.9 Å². The van der Waals surface area contributed by atoms with E-state index in [9.17, 15) is 0 Å². The van der Waals surface area contributed by atoms with Crippen molar-refractivity contribution < 1.29 is 0 Å². The molecule has 8 aromatic rings. The molecule has 0 amide bonds. The van der Waals surface area contributed by atoms with Crippen LogP contribution < -0.4 is 0 Å². The molecule has 3 heteroatoms. The van der Waals surface area contributed by atoms with Crippen molar-refractivity contribution >= 4 is 11.0 Å². The molecule has 0 saturated carbocycles. The number of fused-ring (bicyclic) bond motifs is 11. The second-order valence-electron chi connectivity index (χ2n) is 12.4. The van der Waals surface area contributed by atoms with Crippen LogP contribution in [0.4, 0.5) is 0 Å². The smallest absolute Gasteiger partial charge is 0.0973 e. The average Bonchev–Trinajstić information content (AvgIpc) is 3.61. The Balaban J connectivity index is 1.29. The number of hydrogen-bond acceptors (Lipinski definition) is 3. The average molecular weight is 598 g/mol. The summed E-state index contributed by atoms with van der Waals surface area (Å²) in [6.45, 7) is 0. The summed E-state index contributed by atoms with van der Waals surface area (Å²) >= 11 is 0. The number of hydrogen-bond donors (Lipinski definition) is 0. The van der Waals surface area contributed by atoms with Gasteiger partial charge in [-0.15, -0.1) is 0 Å². The number of benzene rings is 6. The van der Waals surface area contributed by atoms with E-state index in [1.165, 1.54) is 44.5 Å². The number of rotatable bonds is 3. The molecule has 47 heavy (non-hydrogen) atoms. The summed E-state index contributed by atoms with van der Waals surface area (Å²) in [4.78, 5) is 15.2. The molecule has 2 aliphatic carbocycles. The maximum atomic E-state index is 5.28. The van der Waals surface area contributed by atoms with Gasteiger partial charge in [0.1, 0.15) is 0 Å². The van der Waals surface area contributed by atoms with Gasteiger partial charge in [0.05, 0.1) is 33.5 Å². The molecule has 0 bridgehead atoms. The van der Waals surface area contributed by atoms with Gasteiger partial charge in [-0.1, -0.05) is 121 Å². The highest BCUT2D eigenvalue weighted by atomic mass is 14.8. The molecule has 0 unspecified atom stereocenters. The first kappa shape index (κ1) is 26.1. The Morgan fingerprint density at radius 3 is 1.51 bits per heavy atom. The van der Waals surface area contributed by atoms with Crippen molar-refractivity contribution in [3.05, 3.63) is 186 Å². The minimum atomic E-state index is -0.490. The lowest BCUT2D eigenvalue weighted by Gasteiger charge is -2.31. The lowest BCUT2D eigenvalue weighted by Crippen LogP contribution is -2.26. The monoisotopic (exact) mass is 597 g/mol. The zero-order valence-electron chi connectivity index (χ0n) is 25.4. The van der Waals surface area contributed by atoms with E-state index in [4.69, 9.17) is 15.0 Å². The molecule has 6 aromatic carbocycles. The molecule has 3 nitrogen and oxygen atoms in total. The van der Waals surface area contributed by atoms with Gasteiger partial charge in [-0.05, 0) is 80.9 Å². The van der Waals surface area contributed by atoms with Gasteiger partial charge in [0.15, 0.2) is 0 Å². The van der Waals surface area contributed by atoms with Crippen molar-refractivity contribution in [2.75, 3.05) is 0 Å². The number of nitrogens with zero attached hydrogens (tertiary/aromatic N) is 3. The summed E-state index contributed by atoms with van der Waals surface area (Å²) in [5.41, 5.74) is 17.5. The van der Waals surface area contributed by atoms with E-state index in [1.807, 2.05) is 42.6 Å². The number of aromatic nitrogens is 3. The first-order chi connectivity index (χ1) is 23.3. The summed E-state index contributed by atoms with van der Waals surface area (Å²) in [6.07, 6.45) is 1.87. The lowest BCUT2D eigenvalue weighted by atomic mass is 9.70. The van der Waals surface area contributed by atoms with E-state index in [2.05, 4.69) is 121 Å². The van der Waals surface area contributed by atoms with Crippen LogP contribution in [0.3, 0.4) is 0 Å². The molecule has 2 aliphatic rings. The van der Waals surface area contributed by atoms with Crippen molar-refractivity contribution in [3.8, 4) is 56.0 Å². The van der Waals surface area contributed by atoms with Crippen LogP contribution in [0.1, 0.15) is 22.3 Å². The molecular weight excluding hydrogens is 571 g/mol. The first-order valence-electron chi connectivity index (χ1n) is 16.0. The van der Waals surface area contributed by atoms with Crippen molar-refractivity contribution in [1.82, 2.24) is 15.0 Å². The van der Waals surface area contributed by atoms with Crippen molar-refractivity contribution in [3.63, 3.8) is 0 Å². The third-order valence-corrected chi connectivity index (χ3v) is 9.94. The van der Waals surface area contributed by atoms with Gasteiger partial charge in [-0.2, -0.15) is 0 Å². The largest absolute Gasteiger partial charge is 0.256 e. The van der Waals surface area contributed by atoms with Crippen LogP contribution in [0.15, 0.2) is 164 Å². The van der Waals surface area contributed by atoms with E-state index in [0.29, 0.717) is 0 Å². The first-order valence-corrected chi connectivity index (χ1v) is 16.0. The standard InChI is InChI=1S/C44H27N3/c1-2-12-28(13-3-1)42-43(47-41-20-9-8-19-40(41)46-42)30-22-24-34-33-23-21-29(39-18-10-11-25-45-39)26-37(33)44(38(34)27-30)35-16-6-4-14-31(35)32-15-5-7-17-36(32)44/h1-27H. The van der Waals surface area contributed by atoms with E-state index in [1.54, 1.807) is 0 Å². The molecule has 218 valence electrons. The molecule has 10 rings (SSSR count). The van der Waals surface area contributed by atoms with Crippen LogP contribution in [-0.4, -0.2) is 15.0 Å². The highest BCUT2D eigenvalue weighted by Gasteiger charge is 2.51. The maximum absolute atomic E-state index is 5.28. The fourth-order valence-corrected chi connectivity index (χ4v) is 7.98. The quantitative estimate of drug-likeness (QED) is 0.203. The van der Waals surface area contributed by atoms with Crippen molar-refractivity contribution in [2.24, 2.45) is 0 Å². The molecule has 1 spiro atoms. The Morgan fingerprint density at radius 1 is 0.362 bits per heavy atom. The summed E-state index contributed by atoms with van der Waals surface area (Å²) in [5, 5.41) is 0. The van der Waals surface area contributed by atoms with Crippen LogP contribution in [0.5, 0.6) is 0 Å². The molecule has 0 fully saturated rings. The molecule has 0 saturated heterocycles. The highest BCUT2D eigenvalue weighted by Crippen LogP contribution is 2.63. The van der Waals surface area contributed by atoms with E-state index >= 15 is 0 Å². The second-order valence-corrected chi connectivity index (χ2v) is 12.4. The summed E-state index contributed by atoms with van der Waals surface area (Å²) in [6, 6.07) is 56.3. The molecule has 2 heterocycles. The Kier molecular flexibility index (Phi) is 5.49. The van der Waals surface area contributed by atoms with Crippen molar-refractivity contribution in [1.29, 1.82) is 0 Å². The Bertz CT molecular complexity index is 2470. The predicted molar refractivity (Wildman–Crippen MR) is 190 cm³/mol. The molecule has 0 N–H and O–H groups in total.